The van der Waals surface area contributed by atoms with E-state index in [4.69, 9.17) is 15.9 Å². The Morgan fingerprint density at radius 1 is 1.00 bits per heavy atom. The number of anilines is 1. The first-order valence-electron chi connectivity index (χ1n) is 10.1. The molecule has 0 amide bonds. The van der Waals surface area contributed by atoms with Gasteiger partial charge in [-0.25, -0.2) is 0 Å². The number of nitrogens with two attached hydrogens (primary N) is 1. The van der Waals surface area contributed by atoms with E-state index in [2.05, 4.69) is 32.5 Å². The van der Waals surface area contributed by atoms with E-state index >= 15 is 0 Å². The molecule has 32 heavy (non-hydrogen) atoms. The third-order valence-electron chi connectivity index (χ3n) is 4.44. The fraction of sp³-hybridized carbons (Fsp3) is 0.160. The van der Waals surface area contributed by atoms with Crippen molar-refractivity contribution in [2.45, 2.75) is 0 Å². The van der Waals surface area contributed by atoms with Crippen molar-refractivity contribution in [3.05, 3.63) is 89.5 Å². The molecule has 4 N–H and O–H groups in total. The van der Waals surface area contributed by atoms with Gasteiger partial charge in [0.2, 0.25) is 0 Å². The van der Waals surface area contributed by atoms with Crippen molar-refractivity contribution in [2.75, 3.05) is 32.7 Å². The van der Waals surface area contributed by atoms with E-state index in [0.717, 1.165) is 29.1 Å². The lowest BCUT2D eigenvalue weighted by atomic mass is 10.1. The van der Waals surface area contributed by atoms with Crippen LogP contribution in [0.15, 0.2) is 83.1 Å². The summed E-state index contributed by atoms with van der Waals surface area (Å²) in [7, 11) is 4.03. The molecule has 3 aromatic rings. The molecule has 0 aliphatic rings. The molecule has 0 aromatic heterocycles. The fourth-order valence-corrected chi connectivity index (χ4v) is 2.65. The van der Waals surface area contributed by atoms with E-state index in [9.17, 15) is 0 Å². The molecule has 3 rings (SSSR count). The van der Waals surface area contributed by atoms with Crippen molar-refractivity contribution in [1.82, 2.24) is 4.90 Å². The van der Waals surface area contributed by atoms with Gasteiger partial charge >= 0.3 is 0 Å². The van der Waals surface area contributed by atoms with Crippen LogP contribution in [-0.4, -0.2) is 38.0 Å². The van der Waals surface area contributed by atoms with Crippen LogP contribution in [0, 0.1) is 17.3 Å². The lowest BCUT2D eigenvalue weighted by Gasteiger charge is -2.10. The SMILES string of the molecule is CN(C)CCOc1ccc(C#Cc2ccccc2N/N=N/c2ccc(C(=N)N)cc2)cc1. The minimum Gasteiger partial charge on any atom is -0.492 e. The summed E-state index contributed by atoms with van der Waals surface area (Å²) in [5.41, 5.74) is 12.2. The van der Waals surface area contributed by atoms with E-state index in [-0.39, 0.29) is 5.84 Å². The number of nitrogens with zero attached hydrogens (tertiary/aromatic N) is 3. The van der Waals surface area contributed by atoms with Gasteiger partial charge in [0, 0.05) is 23.2 Å². The molecule has 3 aromatic carbocycles. The van der Waals surface area contributed by atoms with Gasteiger partial charge < -0.3 is 15.4 Å². The third kappa shape index (κ3) is 6.97. The van der Waals surface area contributed by atoms with Crippen molar-refractivity contribution < 1.29 is 4.74 Å². The Morgan fingerprint density at radius 2 is 1.72 bits per heavy atom. The molecule has 162 valence electrons. The molecular formula is C25H26N6O. The third-order valence-corrected chi connectivity index (χ3v) is 4.44. The van der Waals surface area contributed by atoms with Crippen LogP contribution < -0.4 is 15.9 Å². The number of hydrogen-bond acceptors (Lipinski definition) is 5. The summed E-state index contributed by atoms with van der Waals surface area (Å²) in [6, 6.07) is 22.3. The highest BCUT2D eigenvalue weighted by Gasteiger charge is 1.99. The number of rotatable bonds is 8. The Balaban J connectivity index is 1.63. The van der Waals surface area contributed by atoms with Crippen molar-refractivity contribution in [3.8, 4) is 17.6 Å². The Morgan fingerprint density at radius 3 is 2.41 bits per heavy atom. The van der Waals surface area contributed by atoms with Crippen LogP contribution in [0.4, 0.5) is 11.4 Å². The van der Waals surface area contributed by atoms with Gasteiger partial charge in [0.25, 0.3) is 0 Å². The van der Waals surface area contributed by atoms with E-state index < -0.39 is 0 Å². The number of likely N-dealkylation sites (N-methyl/N-ethyl adjacent to an activating group) is 1. The molecular weight excluding hydrogens is 400 g/mol. The minimum absolute atomic E-state index is 0.0191. The zero-order valence-corrected chi connectivity index (χ0v) is 18.2. The van der Waals surface area contributed by atoms with Crippen molar-refractivity contribution in [1.29, 1.82) is 5.41 Å². The van der Waals surface area contributed by atoms with Crippen molar-refractivity contribution >= 4 is 17.2 Å². The molecule has 7 heteroatoms. The number of ether oxygens (including phenoxy) is 1. The Hall–Kier alpha value is -4.15. The van der Waals surface area contributed by atoms with Crippen LogP contribution in [0.5, 0.6) is 5.75 Å². The highest BCUT2D eigenvalue weighted by molar-refractivity contribution is 5.95. The topological polar surface area (TPSA) is 99.1 Å². The lowest BCUT2D eigenvalue weighted by Crippen LogP contribution is -2.19. The first kappa shape index (κ1) is 22.5. The minimum atomic E-state index is 0.0191. The number of nitrogens with one attached hydrogen (secondary N) is 2. The van der Waals surface area contributed by atoms with Gasteiger partial charge in [0.05, 0.1) is 11.4 Å². The summed E-state index contributed by atoms with van der Waals surface area (Å²) in [4.78, 5) is 2.08. The number of amidine groups is 1. The normalized spacial score (nSPS) is 10.6. The summed E-state index contributed by atoms with van der Waals surface area (Å²) in [5.74, 6) is 7.20. The molecule has 0 aliphatic carbocycles. The fourth-order valence-electron chi connectivity index (χ4n) is 2.65. The highest BCUT2D eigenvalue weighted by Crippen LogP contribution is 2.17. The summed E-state index contributed by atoms with van der Waals surface area (Å²) in [6.45, 7) is 1.51. The van der Waals surface area contributed by atoms with Gasteiger partial charge in [0.15, 0.2) is 0 Å². The van der Waals surface area contributed by atoms with Crippen LogP contribution in [-0.2, 0) is 0 Å². The van der Waals surface area contributed by atoms with Gasteiger partial charge in [-0.2, -0.15) is 0 Å². The van der Waals surface area contributed by atoms with Crippen LogP contribution >= 0.6 is 0 Å². The van der Waals surface area contributed by atoms with Crippen molar-refractivity contribution in [3.63, 3.8) is 0 Å². The molecule has 0 atom stereocenters. The molecule has 0 fully saturated rings. The van der Waals surface area contributed by atoms with Gasteiger partial charge in [-0.1, -0.05) is 29.2 Å². The van der Waals surface area contributed by atoms with E-state index in [1.807, 2.05) is 62.6 Å². The predicted octanol–water partition coefficient (Wildman–Crippen LogP) is 4.42. The smallest absolute Gasteiger partial charge is 0.122 e. The lowest BCUT2D eigenvalue weighted by molar-refractivity contribution is 0.261. The molecule has 0 heterocycles. The first-order chi connectivity index (χ1) is 15.5. The number of hydrogen-bond donors (Lipinski definition) is 3. The van der Waals surface area contributed by atoms with Crippen LogP contribution in [0.3, 0.4) is 0 Å². The van der Waals surface area contributed by atoms with E-state index in [1.165, 1.54) is 0 Å². The second-order valence-corrected chi connectivity index (χ2v) is 7.24. The molecule has 0 unspecified atom stereocenters. The summed E-state index contributed by atoms with van der Waals surface area (Å²) < 4.78 is 5.71. The maximum absolute atomic E-state index is 7.42. The molecule has 7 nitrogen and oxygen atoms in total. The van der Waals surface area contributed by atoms with Gasteiger partial charge in [0.1, 0.15) is 18.2 Å². The molecule has 0 saturated carbocycles. The summed E-state index contributed by atoms with van der Waals surface area (Å²) in [5, 5.41) is 15.6. The van der Waals surface area contributed by atoms with E-state index in [1.54, 1.807) is 24.3 Å². The standard InChI is InChI=1S/C25H26N6O/c1-31(2)17-18-32-23-15-8-19(9-16-23)7-10-20-5-3-4-6-24(20)29-30-28-22-13-11-21(12-14-22)25(26)27/h3-6,8-9,11-16H,17-18H2,1-2H3,(H3,26,27)(H,28,29). The average Bonchev–Trinajstić information content (AvgIpc) is 2.79. The van der Waals surface area contributed by atoms with Gasteiger partial charge in [-0.3, -0.25) is 10.8 Å². The second-order valence-electron chi connectivity index (χ2n) is 7.24. The zero-order valence-electron chi connectivity index (χ0n) is 18.2. The highest BCUT2D eigenvalue weighted by atomic mass is 16.5. The van der Waals surface area contributed by atoms with Gasteiger partial charge in [-0.05, 0) is 74.8 Å². The monoisotopic (exact) mass is 426 g/mol. The molecule has 0 spiro atoms. The summed E-state index contributed by atoms with van der Waals surface area (Å²) in [6.07, 6.45) is 0. The summed E-state index contributed by atoms with van der Waals surface area (Å²) >= 11 is 0. The second kappa shape index (κ2) is 11.3. The average molecular weight is 427 g/mol. The predicted molar refractivity (Wildman–Crippen MR) is 129 cm³/mol. The molecule has 0 radical (unpaired) electrons. The molecule has 0 saturated heterocycles. The quantitative estimate of drug-likeness (QED) is 0.163. The number of nitrogen functional groups attached to an aromatic ring is 1. The first-order valence-corrected chi connectivity index (χ1v) is 10.1. The Bertz CT molecular complexity index is 1130. The number of para-hydroxylation sites is 1. The maximum atomic E-state index is 7.42. The van der Waals surface area contributed by atoms with Crippen LogP contribution in [0.2, 0.25) is 0 Å². The van der Waals surface area contributed by atoms with Gasteiger partial charge in [-0.15, -0.1) is 5.11 Å². The zero-order chi connectivity index (χ0) is 22.8. The van der Waals surface area contributed by atoms with E-state index in [0.29, 0.717) is 17.9 Å². The van der Waals surface area contributed by atoms with Crippen LogP contribution in [0.25, 0.3) is 0 Å². The number of benzene rings is 3. The Labute approximate surface area is 188 Å². The molecule has 0 aliphatic heterocycles. The maximum Gasteiger partial charge on any atom is 0.122 e. The molecule has 0 bridgehead atoms. The Kier molecular flexibility index (Phi) is 7.96. The largest absolute Gasteiger partial charge is 0.492 e. The van der Waals surface area contributed by atoms with Crippen LogP contribution in [0.1, 0.15) is 16.7 Å². The van der Waals surface area contributed by atoms with Crippen molar-refractivity contribution in [2.24, 2.45) is 16.1 Å².